The fourth-order valence-corrected chi connectivity index (χ4v) is 3.90. The van der Waals surface area contributed by atoms with Gasteiger partial charge in [0, 0.05) is 50.9 Å². The van der Waals surface area contributed by atoms with Crippen LogP contribution in [0.25, 0.3) is 0 Å². The number of aryl methyl sites for hydroxylation is 1. The van der Waals surface area contributed by atoms with Crippen molar-refractivity contribution >= 4 is 17.3 Å². The molecule has 6 nitrogen and oxygen atoms in total. The monoisotopic (exact) mass is 346 g/mol. The molecule has 2 aromatic heterocycles. The van der Waals surface area contributed by atoms with Crippen LogP contribution in [-0.2, 0) is 6.42 Å². The normalized spacial score (nSPS) is 22.0. The van der Waals surface area contributed by atoms with Crippen LogP contribution in [0, 0.1) is 12.8 Å². The first-order chi connectivity index (χ1) is 11.7. The summed E-state index contributed by atoms with van der Waals surface area (Å²) in [6.07, 6.45) is 7.93. The van der Waals surface area contributed by atoms with Gasteiger partial charge in [0.15, 0.2) is 5.96 Å². The molecule has 0 spiro atoms. The second kappa shape index (κ2) is 7.79. The van der Waals surface area contributed by atoms with E-state index in [1.165, 1.54) is 0 Å². The lowest BCUT2D eigenvalue weighted by Crippen LogP contribution is -2.49. The quantitative estimate of drug-likeness (QED) is 0.682. The Bertz CT molecular complexity index is 662. The van der Waals surface area contributed by atoms with Gasteiger partial charge in [-0.2, -0.15) is 0 Å². The number of guanidine groups is 1. The van der Waals surface area contributed by atoms with Crippen LogP contribution in [0.5, 0.6) is 0 Å². The van der Waals surface area contributed by atoms with E-state index in [0.29, 0.717) is 12.0 Å². The fraction of sp³-hybridized carbons (Fsp3) is 0.588. The zero-order chi connectivity index (χ0) is 16.9. The molecule has 1 N–H and O–H groups in total. The van der Waals surface area contributed by atoms with Crippen LogP contribution in [0.3, 0.4) is 0 Å². The second-order valence-electron chi connectivity index (χ2n) is 6.37. The van der Waals surface area contributed by atoms with E-state index in [9.17, 15) is 0 Å². The number of thiazole rings is 1. The molecule has 24 heavy (non-hydrogen) atoms. The average Bonchev–Trinajstić information content (AvgIpc) is 3.24. The summed E-state index contributed by atoms with van der Waals surface area (Å²) < 4.78 is 2.22. The molecule has 0 aromatic carbocycles. The highest BCUT2D eigenvalue weighted by Gasteiger charge is 2.28. The van der Waals surface area contributed by atoms with Crippen molar-refractivity contribution in [2.24, 2.45) is 10.9 Å². The average molecular weight is 347 g/mol. The molecule has 0 bridgehead atoms. The Balaban J connectivity index is 1.57. The molecule has 2 unspecified atom stereocenters. The zero-order valence-corrected chi connectivity index (χ0v) is 15.5. The summed E-state index contributed by atoms with van der Waals surface area (Å²) in [7, 11) is 1.86. The number of hydrogen-bond acceptors (Lipinski definition) is 4. The smallest absolute Gasteiger partial charge is 0.193 e. The van der Waals surface area contributed by atoms with Gasteiger partial charge in [0.2, 0.25) is 0 Å². The highest BCUT2D eigenvalue weighted by molar-refractivity contribution is 7.09. The maximum Gasteiger partial charge on any atom is 0.193 e. The third kappa shape index (κ3) is 3.95. The Morgan fingerprint density at radius 3 is 3.04 bits per heavy atom. The first-order valence-corrected chi connectivity index (χ1v) is 9.39. The van der Waals surface area contributed by atoms with Gasteiger partial charge in [-0.25, -0.2) is 9.97 Å². The van der Waals surface area contributed by atoms with Gasteiger partial charge in [-0.1, -0.05) is 6.92 Å². The summed E-state index contributed by atoms with van der Waals surface area (Å²) >= 11 is 1.71. The molecule has 0 amide bonds. The molecule has 0 radical (unpaired) electrons. The van der Waals surface area contributed by atoms with E-state index in [-0.39, 0.29) is 0 Å². The fourth-order valence-electron chi connectivity index (χ4n) is 3.25. The standard InChI is InChI=1S/C17H26N6S/c1-13-5-8-22(10-16(13)23-9-7-19-12-23)17(18-3)20-6-4-15-11-24-14(2)21-15/h7,9,11-13,16H,4-6,8,10H2,1-3H3,(H,18,20). The molecular formula is C17H26N6S. The molecular weight excluding hydrogens is 320 g/mol. The summed E-state index contributed by atoms with van der Waals surface area (Å²) in [6.45, 7) is 7.24. The Kier molecular flexibility index (Phi) is 5.50. The van der Waals surface area contributed by atoms with Crippen LogP contribution in [0.2, 0.25) is 0 Å². The molecule has 3 rings (SSSR count). The van der Waals surface area contributed by atoms with E-state index < -0.39 is 0 Å². The third-order valence-electron chi connectivity index (χ3n) is 4.67. The number of likely N-dealkylation sites (tertiary alicyclic amines) is 1. The van der Waals surface area contributed by atoms with Gasteiger partial charge in [0.1, 0.15) is 0 Å². The lowest BCUT2D eigenvalue weighted by Gasteiger charge is -2.39. The number of nitrogens with one attached hydrogen (secondary N) is 1. The van der Waals surface area contributed by atoms with E-state index in [0.717, 1.165) is 49.1 Å². The molecule has 1 fully saturated rings. The van der Waals surface area contributed by atoms with Gasteiger partial charge in [-0.05, 0) is 19.3 Å². The van der Waals surface area contributed by atoms with Crippen molar-refractivity contribution in [3.8, 4) is 0 Å². The molecule has 2 atom stereocenters. The number of aliphatic imine (C=N–C) groups is 1. The molecule has 1 aliphatic rings. The topological polar surface area (TPSA) is 58.3 Å². The predicted molar refractivity (Wildman–Crippen MR) is 98.5 cm³/mol. The number of nitrogens with zero attached hydrogens (tertiary/aromatic N) is 5. The van der Waals surface area contributed by atoms with Crippen LogP contribution in [0.4, 0.5) is 0 Å². The minimum atomic E-state index is 0.445. The summed E-state index contributed by atoms with van der Waals surface area (Å²) in [4.78, 5) is 15.6. The largest absolute Gasteiger partial charge is 0.356 e. The van der Waals surface area contributed by atoms with Crippen molar-refractivity contribution < 1.29 is 0 Å². The number of imidazole rings is 1. The van der Waals surface area contributed by atoms with Crippen molar-refractivity contribution in [1.82, 2.24) is 24.8 Å². The summed E-state index contributed by atoms with van der Waals surface area (Å²) in [5.74, 6) is 1.63. The van der Waals surface area contributed by atoms with E-state index in [4.69, 9.17) is 0 Å². The van der Waals surface area contributed by atoms with Gasteiger partial charge in [0.05, 0.1) is 23.1 Å². The maximum atomic E-state index is 4.52. The predicted octanol–water partition coefficient (Wildman–Crippen LogP) is 2.35. The van der Waals surface area contributed by atoms with Gasteiger partial charge in [-0.15, -0.1) is 11.3 Å². The van der Waals surface area contributed by atoms with Gasteiger partial charge < -0.3 is 14.8 Å². The van der Waals surface area contributed by atoms with Crippen molar-refractivity contribution in [1.29, 1.82) is 0 Å². The first-order valence-electron chi connectivity index (χ1n) is 8.51. The molecule has 0 aliphatic carbocycles. The SMILES string of the molecule is CN=C(NCCc1csc(C)n1)N1CCC(C)C(n2ccnc2)C1. The third-order valence-corrected chi connectivity index (χ3v) is 5.49. The second-order valence-corrected chi connectivity index (χ2v) is 7.43. The molecule has 3 heterocycles. The highest BCUT2D eigenvalue weighted by Crippen LogP contribution is 2.27. The number of rotatable bonds is 4. The molecule has 7 heteroatoms. The van der Waals surface area contributed by atoms with Crippen molar-refractivity contribution in [3.05, 3.63) is 34.8 Å². The van der Waals surface area contributed by atoms with E-state index in [1.807, 2.05) is 26.5 Å². The highest BCUT2D eigenvalue weighted by atomic mass is 32.1. The molecule has 1 aliphatic heterocycles. The summed E-state index contributed by atoms with van der Waals surface area (Å²) in [5.41, 5.74) is 1.16. The van der Waals surface area contributed by atoms with Crippen LogP contribution >= 0.6 is 11.3 Å². The van der Waals surface area contributed by atoms with Crippen LogP contribution < -0.4 is 5.32 Å². The maximum absolute atomic E-state index is 4.52. The Hall–Kier alpha value is -1.89. The Morgan fingerprint density at radius 1 is 1.50 bits per heavy atom. The van der Waals surface area contributed by atoms with E-state index in [2.05, 4.69) is 48.2 Å². The minimum Gasteiger partial charge on any atom is -0.356 e. The number of aromatic nitrogens is 3. The molecule has 1 saturated heterocycles. The zero-order valence-electron chi connectivity index (χ0n) is 14.6. The molecule has 130 valence electrons. The first kappa shape index (κ1) is 17.0. The van der Waals surface area contributed by atoms with Gasteiger partial charge in [0.25, 0.3) is 0 Å². The molecule has 0 saturated carbocycles. The molecule has 2 aromatic rings. The Morgan fingerprint density at radius 2 is 2.38 bits per heavy atom. The van der Waals surface area contributed by atoms with Gasteiger partial charge >= 0.3 is 0 Å². The number of hydrogen-bond donors (Lipinski definition) is 1. The van der Waals surface area contributed by atoms with Gasteiger partial charge in [-0.3, -0.25) is 4.99 Å². The van der Waals surface area contributed by atoms with E-state index >= 15 is 0 Å². The van der Waals surface area contributed by atoms with Crippen molar-refractivity contribution in [3.63, 3.8) is 0 Å². The lowest BCUT2D eigenvalue weighted by molar-refractivity contribution is 0.189. The van der Waals surface area contributed by atoms with Crippen LogP contribution in [-0.4, -0.2) is 52.1 Å². The minimum absolute atomic E-state index is 0.445. The number of piperidine rings is 1. The van der Waals surface area contributed by atoms with E-state index in [1.54, 1.807) is 11.3 Å². The van der Waals surface area contributed by atoms with Crippen LogP contribution in [0.15, 0.2) is 29.1 Å². The van der Waals surface area contributed by atoms with Crippen LogP contribution in [0.1, 0.15) is 30.1 Å². The Labute approximate surface area is 147 Å². The van der Waals surface area contributed by atoms with Crippen molar-refractivity contribution in [2.75, 3.05) is 26.7 Å². The summed E-state index contributed by atoms with van der Waals surface area (Å²) in [5, 5.41) is 6.76. The lowest BCUT2D eigenvalue weighted by atomic mass is 9.93. The van der Waals surface area contributed by atoms with Crippen molar-refractivity contribution in [2.45, 2.75) is 32.7 Å². The summed E-state index contributed by atoms with van der Waals surface area (Å²) in [6, 6.07) is 0.445.